The summed E-state index contributed by atoms with van der Waals surface area (Å²) >= 11 is 0. The second-order valence-electron chi connectivity index (χ2n) is 5.39. The van der Waals surface area contributed by atoms with Gasteiger partial charge in [-0.25, -0.2) is 0 Å². The Kier molecular flexibility index (Phi) is 4.77. The molecule has 1 aromatic rings. The number of nitrogens with zero attached hydrogens (tertiary/aromatic N) is 2. The zero-order chi connectivity index (χ0) is 13.8. The number of hydrogen-bond donors (Lipinski definition) is 1. The molecule has 0 bridgehead atoms. The Balaban J connectivity index is 2.05. The van der Waals surface area contributed by atoms with Crippen molar-refractivity contribution < 1.29 is 9.84 Å². The minimum atomic E-state index is -0.348. The molecule has 0 unspecified atom stereocenters. The molecule has 1 aliphatic heterocycles. The molecule has 1 N–H and O–H groups in total. The van der Waals surface area contributed by atoms with E-state index in [0.717, 1.165) is 30.9 Å². The maximum absolute atomic E-state index is 9.91. The zero-order valence-corrected chi connectivity index (χ0v) is 12.0. The van der Waals surface area contributed by atoms with Gasteiger partial charge < -0.3 is 14.7 Å². The molecule has 0 aliphatic carbocycles. The van der Waals surface area contributed by atoms with Gasteiger partial charge in [-0.15, -0.1) is 0 Å². The summed E-state index contributed by atoms with van der Waals surface area (Å²) in [6, 6.07) is 4.20. The van der Waals surface area contributed by atoms with Crippen LogP contribution in [0.5, 0.6) is 0 Å². The summed E-state index contributed by atoms with van der Waals surface area (Å²) in [6.45, 7) is 8.48. The lowest BCUT2D eigenvalue weighted by Crippen LogP contribution is -2.48. The molecule has 1 aliphatic rings. The van der Waals surface area contributed by atoms with Crippen molar-refractivity contribution in [1.29, 1.82) is 0 Å². The Labute approximate surface area is 115 Å². The molecular formula is C15H24N2O2. The molecule has 2 heterocycles. The quantitative estimate of drug-likeness (QED) is 0.905. The van der Waals surface area contributed by atoms with Gasteiger partial charge in [0.1, 0.15) is 6.10 Å². The molecule has 1 saturated heterocycles. The summed E-state index contributed by atoms with van der Waals surface area (Å²) in [4.78, 5) is 6.74. The fourth-order valence-corrected chi connectivity index (χ4v) is 2.44. The van der Waals surface area contributed by atoms with Crippen molar-refractivity contribution in [1.82, 2.24) is 4.98 Å². The van der Waals surface area contributed by atoms with E-state index in [4.69, 9.17) is 4.74 Å². The van der Waals surface area contributed by atoms with Crippen molar-refractivity contribution in [2.24, 2.45) is 0 Å². The van der Waals surface area contributed by atoms with Gasteiger partial charge >= 0.3 is 0 Å². The Morgan fingerprint density at radius 3 is 2.84 bits per heavy atom. The molecule has 1 fully saturated rings. The number of rotatable bonds is 4. The third kappa shape index (κ3) is 3.45. The van der Waals surface area contributed by atoms with Gasteiger partial charge in [0.25, 0.3) is 0 Å². The topological polar surface area (TPSA) is 45.6 Å². The lowest BCUT2D eigenvalue weighted by Gasteiger charge is -2.37. The van der Waals surface area contributed by atoms with E-state index >= 15 is 0 Å². The molecule has 0 radical (unpaired) electrons. The van der Waals surface area contributed by atoms with Crippen molar-refractivity contribution in [2.45, 2.75) is 45.3 Å². The van der Waals surface area contributed by atoms with Crippen molar-refractivity contribution in [2.75, 3.05) is 24.6 Å². The lowest BCUT2D eigenvalue weighted by molar-refractivity contribution is -0.0398. The van der Waals surface area contributed by atoms with Crippen molar-refractivity contribution in [3.63, 3.8) is 0 Å². The average molecular weight is 264 g/mol. The van der Waals surface area contributed by atoms with Crippen molar-refractivity contribution >= 4 is 5.69 Å². The van der Waals surface area contributed by atoms with Crippen LogP contribution in [0.4, 0.5) is 5.69 Å². The van der Waals surface area contributed by atoms with Gasteiger partial charge in [-0.3, -0.25) is 4.98 Å². The maximum Gasteiger partial charge on any atom is 0.101 e. The van der Waals surface area contributed by atoms with E-state index in [9.17, 15) is 5.11 Å². The van der Waals surface area contributed by atoms with Gasteiger partial charge in [-0.05, 0) is 31.4 Å². The van der Waals surface area contributed by atoms with E-state index in [0.29, 0.717) is 12.5 Å². The first-order valence-corrected chi connectivity index (χ1v) is 7.12. The van der Waals surface area contributed by atoms with Gasteiger partial charge in [-0.1, -0.05) is 13.8 Å². The molecule has 0 spiro atoms. The van der Waals surface area contributed by atoms with E-state index in [2.05, 4.69) is 35.9 Å². The molecule has 4 nitrogen and oxygen atoms in total. The van der Waals surface area contributed by atoms with Crippen LogP contribution < -0.4 is 4.90 Å². The fourth-order valence-electron chi connectivity index (χ4n) is 2.44. The third-order valence-corrected chi connectivity index (χ3v) is 3.63. The Morgan fingerprint density at radius 2 is 2.26 bits per heavy atom. The summed E-state index contributed by atoms with van der Waals surface area (Å²) in [5.74, 6) is 0.452. The lowest BCUT2D eigenvalue weighted by atomic mass is 10.0. The first-order chi connectivity index (χ1) is 9.11. The number of pyridine rings is 1. The van der Waals surface area contributed by atoms with Crippen LogP contribution in [0.25, 0.3) is 0 Å². The summed E-state index contributed by atoms with van der Waals surface area (Å²) in [7, 11) is 0. The molecule has 0 aromatic carbocycles. The molecule has 0 saturated carbocycles. The highest BCUT2D eigenvalue weighted by atomic mass is 16.5. The highest BCUT2D eigenvalue weighted by Gasteiger charge is 2.28. The number of aliphatic hydroxyl groups is 1. The van der Waals surface area contributed by atoms with Gasteiger partial charge in [0.05, 0.1) is 18.0 Å². The molecule has 19 heavy (non-hydrogen) atoms. The van der Waals surface area contributed by atoms with E-state index < -0.39 is 0 Å². The smallest absolute Gasteiger partial charge is 0.101 e. The fraction of sp³-hybridized carbons (Fsp3) is 0.667. The summed E-state index contributed by atoms with van der Waals surface area (Å²) < 4.78 is 5.60. The minimum absolute atomic E-state index is 0.0940. The number of aliphatic hydroxyl groups excluding tert-OH is 1. The highest BCUT2D eigenvalue weighted by Crippen LogP contribution is 2.22. The van der Waals surface area contributed by atoms with Crippen LogP contribution in [-0.2, 0) is 4.74 Å². The second kappa shape index (κ2) is 6.35. The second-order valence-corrected chi connectivity index (χ2v) is 5.39. The molecule has 2 rings (SSSR count). The number of aromatic nitrogens is 1. The van der Waals surface area contributed by atoms with Crippen LogP contribution in [0.2, 0.25) is 0 Å². The van der Waals surface area contributed by atoms with Gasteiger partial charge in [0.15, 0.2) is 0 Å². The van der Waals surface area contributed by atoms with Gasteiger partial charge in [-0.2, -0.15) is 0 Å². The normalized spacial score (nSPS) is 23.9. The van der Waals surface area contributed by atoms with Crippen LogP contribution >= 0.6 is 0 Å². The van der Waals surface area contributed by atoms with E-state index in [1.807, 2.05) is 13.1 Å². The van der Waals surface area contributed by atoms with Crippen LogP contribution in [0.3, 0.4) is 0 Å². The van der Waals surface area contributed by atoms with Crippen molar-refractivity contribution in [3.8, 4) is 0 Å². The maximum atomic E-state index is 9.91. The monoisotopic (exact) mass is 264 g/mol. The number of ether oxygens (including phenoxy) is 1. The van der Waals surface area contributed by atoms with Crippen LogP contribution in [0, 0.1) is 0 Å². The van der Waals surface area contributed by atoms with Gasteiger partial charge in [0.2, 0.25) is 0 Å². The SMILES string of the molecule is CCO[C@H]1CN(c2ccc(C(C)C)nc2)CC[C@@H]1O. The first-order valence-electron chi connectivity index (χ1n) is 7.12. The predicted octanol–water partition coefficient (Wildman–Crippen LogP) is 2.18. The van der Waals surface area contributed by atoms with E-state index in [1.165, 1.54) is 0 Å². The molecule has 106 valence electrons. The summed E-state index contributed by atoms with van der Waals surface area (Å²) in [5, 5.41) is 9.91. The molecule has 2 atom stereocenters. The van der Waals surface area contributed by atoms with Crippen LogP contribution in [0.1, 0.15) is 38.8 Å². The number of anilines is 1. The Hall–Kier alpha value is -1.13. The van der Waals surface area contributed by atoms with Crippen LogP contribution in [-0.4, -0.2) is 42.0 Å². The van der Waals surface area contributed by atoms with Crippen LogP contribution in [0.15, 0.2) is 18.3 Å². The standard InChI is InChI=1S/C15H24N2O2/c1-4-19-15-10-17(8-7-14(15)18)12-5-6-13(11(2)3)16-9-12/h5-6,9,11,14-15,18H,4,7-8,10H2,1-3H3/t14-,15-/m0/s1. The molecular weight excluding hydrogens is 240 g/mol. The minimum Gasteiger partial charge on any atom is -0.390 e. The predicted molar refractivity (Wildman–Crippen MR) is 76.6 cm³/mol. The van der Waals surface area contributed by atoms with Gasteiger partial charge in [0, 0.05) is 25.4 Å². The third-order valence-electron chi connectivity index (χ3n) is 3.63. The summed E-state index contributed by atoms with van der Waals surface area (Å²) in [5.41, 5.74) is 2.23. The largest absolute Gasteiger partial charge is 0.390 e. The van der Waals surface area contributed by atoms with E-state index in [1.54, 1.807) is 0 Å². The Morgan fingerprint density at radius 1 is 1.47 bits per heavy atom. The number of piperidine rings is 1. The Bertz CT molecular complexity index is 392. The molecule has 4 heteroatoms. The molecule has 1 aromatic heterocycles. The first kappa shape index (κ1) is 14.3. The van der Waals surface area contributed by atoms with E-state index in [-0.39, 0.29) is 12.2 Å². The average Bonchev–Trinajstić information content (AvgIpc) is 2.41. The summed E-state index contributed by atoms with van der Waals surface area (Å²) in [6.07, 6.45) is 2.23. The number of hydrogen-bond acceptors (Lipinski definition) is 4. The van der Waals surface area contributed by atoms with Crippen molar-refractivity contribution in [3.05, 3.63) is 24.0 Å². The zero-order valence-electron chi connectivity index (χ0n) is 12.0. The highest BCUT2D eigenvalue weighted by molar-refractivity contribution is 5.45. The molecule has 0 amide bonds.